The highest BCUT2D eigenvalue weighted by Gasteiger charge is 1.71. The molecule has 0 unspecified atom stereocenters. The Labute approximate surface area is 49.8 Å². The van der Waals surface area contributed by atoms with E-state index in [0.29, 0.717) is 13.2 Å². The number of methoxy groups -OCH3 is 1. The maximum Gasteiger partial charge on any atom is 0.112 e. The standard InChI is InChI=1S/C6H10O2/c1-3-8-6-4-5-7-2/h3,6H2,1-2H3. The molecule has 0 rings (SSSR count). The van der Waals surface area contributed by atoms with Crippen molar-refractivity contribution in [2.75, 3.05) is 20.3 Å². The van der Waals surface area contributed by atoms with Crippen LogP contribution >= 0.6 is 0 Å². The van der Waals surface area contributed by atoms with Crippen molar-refractivity contribution >= 4 is 0 Å². The van der Waals surface area contributed by atoms with Gasteiger partial charge in [0.2, 0.25) is 0 Å². The van der Waals surface area contributed by atoms with Gasteiger partial charge >= 0.3 is 0 Å². The average Bonchev–Trinajstić information content (AvgIpc) is 1.81. The minimum Gasteiger partial charge on any atom is -0.450 e. The maximum atomic E-state index is 4.88. The van der Waals surface area contributed by atoms with Crippen LogP contribution < -0.4 is 0 Å². The Morgan fingerprint density at radius 2 is 2.25 bits per heavy atom. The summed E-state index contributed by atoms with van der Waals surface area (Å²) in [6.45, 7) is 3.09. The van der Waals surface area contributed by atoms with Crippen molar-refractivity contribution < 1.29 is 9.47 Å². The summed E-state index contributed by atoms with van der Waals surface area (Å²) in [5.74, 6) is 2.64. The molecule has 0 saturated heterocycles. The zero-order chi connectivity index (χ0) is 6.24. The molecular formula is C6H10O2. The Hall–Kier alpha value is -0.680. The van der Waals surface area contributed by atoms with E-state index in [2.05, 4.69) is 16.8 Å². The van der Waals surface area contributed by atoms with Crippen LogP contribution in [-0.2, 0) is 9.47 Å². The molecule has 0 aliphatic heterocycles. The van der Waals surface area contributed by atoms with Crippen molar-refractivity contribution in [2.45, 2.75) is 6.92 Å². The summed E-state index contributed by atoms with van der Waals surface area (Å²) < 4.78 is 9.33. The molecule has 0 aromatic heterocycles. The van der Waals surface area contributed by atoms with E-state index in [1.807, 2.05) is 6.92 Å². The smallest absolute Gasteiger partial charge is 0.112 e. The third kappa shape index (κ3) is 5.32. The molecule has 0 amide bonds. The van der Waals surface area contributed by atoms with Gasteiger partial charge in [0.25, 0.3) is 0 Å². The molecular weight excluding hydrogens is 104 g/mol. The minimum atomic E-state index is 0.463. The van der Waals surface area contributed by atoms with Gasteiger partial charge in [0.15, 0.2) is 0 Å². The molecule has 0 bridgehead atoms. The lowest BCUT2D eigenvalue weighted by Gasteiger charge is -1.87. The van der Waals surface area contributed by atoms with Crippen LogP contribution in [0, 0.1) is 12.0 Å². The monoisotopic (exact) mass is 114 g/mol. The van der Waals surface area contributed by atoms with Crippen molar-refractivity contribution in [3.63, 3.8) is 0 Å². The Kier molecular flexibility index (Phi) is 5.78. The molecule has 46 valence electrons. The summed E-state index contributed by atoms with van der Waals surface area (Å²) in [7, 11) is 1.53. The molecule has 2 heteroatoms. The van der Waals surface area contributed by atoms with Gasteiger partial charge in [-0.3, -0.25) is 0 Å². The zero-order valence-electron chi connectivity index (χ0n) is 5.23. The van der Waals surface area contributed by atoms with E-state index in [1.54, 1.807) is 0 Å². The lowest BCUT2D eigenvalue weighted by atomic mass is 10.7. The van der Waals surface area contributed by atoms with Gasteiger partial charge in [-0.05, 0) is 12.8 Å². The maximum absolute atomic E-state index is 4.88. The Morgan fingerprint density at radius 1 is 1.50 bits per heavy atom. The lowest BCUT2D eigenvalue weighted by Crippen LogP contribution is -1.88. The summed E-state index contributed by atoms with van der Waals surface area (Å²) in [5.41, 5.74) is 0. The van der Waals surface area contributed by atoms with Crippen molar-refractivity contribution in [2.24, 2.45) is 0 Å². The zero-order valence-corrected chi connectivity index (χ0v) is 5.23. The molecule has 2 nitrogen and oxygen atoms in total. The fraction of sp³-hybridized carbons (Fsp3) is 0.667. The molecule has 0 aromatic carbocycles. The van der Waals surface area contributed by atoms with Crippen LogP contribution in [0.5, 0.6) is 0 Å². The number of ether oxygens (including phenoxy) is 2. The highest BCUT2D eigenvalue weighted by Crippen LogP contribution is 1.67. The average molecular weight is 114 g/mol. The van der Waals surface area contributed by atoms with E-state index >= 15 is 0 Å². The molecule has 0 aromatic rings. The summed E-state index contributed by atoms with van der Waals surface area (Å²) in [6, 6.07) is 0. The van der Waals surface area contributed by atoms with Crippen molar-refractivity contribution in [1.29, 1.82) is 0 Å². The predicted octanol–water partition coefficient (Wildman–Crippen LogP) is 0.630. The van der Waals surface area contributed by atoms with Crippen LogP contribution in [0.2, 0.25) is 0 Å². The van der Waals surface area contributed by atoms with Gasteiger partial charge in [-0.25, -0.2) is 0 Å². The van der Waals surface area contributed by atoms with Crippen LogP contribution in [0.15, 0.2) is 0 Å². The van der Waals surface area contributed by atoms with Crippen LogP contribution in [0.3, 0.4) is 0 Å². The number of hydrogen-bond donors (Lipinski definition) is 0. The van der Waals surface area contributed by atoms with Crippen molar-refractivity contribution in [3.05, 3.63) is 0 Å². The van der Waals surface area contributed by atoms with Gasteiger partial charge in [-0.15, -0.1) is 0 Å². The third-order valence-electron chi connectivity index (χ3n) is 0.553. The van der Waals surface area contributed by atoms with E-state index in [0.717, 1.165) is 0 Å². The molecule has 0 atom stereocenters. The third-order valence-corrected chi connectivity index (χ3v) is 0.553. The van der Waals surface area contributed by atoms with Gasteiger partial charge in [0, 0.05) is 6.61 Å². The molecule has 0 radical (unpaired) electrons. The first-order valence-corrected chi connectivity index (χ1v) is 2.50. The minimum absolute atomic E-state index is 0.463. The molecule has 0 aliphatic rings. The van der Waals surface area contributed by atoms with Crippen LogP contribution in [-0.4, -0.2) is 20.3 Å². The quantitative estimate of drug-likeness (QED) is 0.387. The summed E-state index contributed by atoms with van der Waals surface area (Å²) >= 11 is 0. The van der Waals surface area contributed by atoms with Crippen molar-refractivity contribution in [1.82, 2.24) is 0 Å². The fourth-order valence-electron chi connectivity index (χ4n) is 0.255. The molecule has 0 fully saturated rings. The molecule has 8 heavy (non-hydrogen) atoms. The van der Waals surface area contributed by atoms with Crippen LogP contribution in [0.4, 0.5) is 0 Å². The van der Waals surface area contributed by atoms with E-state index in [-0.39, 0.29) is 0 Å². The Balaban J connectivity index is 2.90. The summed E-state index contributed by atoms with van der Waals surface area (Å²) in [4.78, 5) is 0. The lowest BCUT2D eigenvalue weighted by molar-refractivity contribution is 0.181. The second-order valence-electron chi connectivity index (χ2n) is 1.12. The van der Waals surface area contributed by atoms with E-state index in [1.165, 1.54) is 7.11 Å². The first-order chi connectivity index (χ1) is 3.91. The first-order valence-electron chi connectivity index (χ1n) is 2.50. The van der Waals surface area contributed by atoms with Crippen LogP contribution in [0.1, 0.15) is 6.92 Å². The van der Waals surface area contributed by atoms with E-state index in [4.69, 9.17) is 4.74 Å². The number of hydrogen-bond acceptors (Lipinski definition) is 2. The molecule has 0 aliphatic carbocycles. The second-order valence-corrected chi connectivity index (χ2v) is 1.12. The normalized spacial score (nSPS) is 7.25. The molecule has 0 N–H and O–H groups in total. The Bertz CT molecular complexity index is 88.4. The van der Waals surface area contributed by atoms with Gasteiger partial charge < -0.3 is 9.47 Å². The molecule has 0 heterocycles. The predicted molar refractivity (Wildman–Crippen MR) is 31.3 cm³/mol. The highest BCUT2D eigenvalue weighted by molar-refractivity contribution is 4.90. The van der Waals surface area contributed by atoms with E-state index in [9.17, 15) is 0 Å². The summed E-state index contributed by atoms with van der Waals surface area (Å²) in [5, 5.41) is 0. The van der Waals surface area contributed by atoms with Crippen LogP contribution in [0.25, 0.3) is 0 Å². The van der Waals surface area contributed by atoms with Gasteiger partial charge in [-0.1, -0.05) is 0 Å². The van der Waals surface area contributed by atoms with Gasteiger partial charge in [0.05, 0.1) is 7.11 Å². The van der Waals surface area contributed by atoms with Gasteiger partial charge in [-0.2, -0.15) is 0 Å². The second kappa shape index (κ2) is 6.32. The molecule has 0 saturated carbocycles. The SMILES string of the molecule is CCOCC#COC. The summed E-state index contributed by atoms with van der Waals surface area (Å²) in [6.07, 6.45) is 2.41. The van der Waals surface area contributed by atoms with E-state index < -0.39 is 0 Å². The fourth-order valence-corrected chi connectivity index (χ4v) is 0.255. The Morgan fingerprint density at radius 3 is 2.75 bits per heavy atom. The largest absolute Gasteiger partial charge is 0.450 e. The number of rotatable bonds is 2. The van der Waals surface area contributed by atoms with Gasteiger partial charge in [0.1, 0.15) is 12.7 Å². The van der Waals surface area contributed by atoms with Crippen molar-refractivity contribution in [3.8, 4) is 12.0 Å². The topological polar surface area (TPSA) is 18.5 Å². The highest BCUT2D eigenvalue weighted by atomic mass is 16.5. The molecule has 0 spiro atoms. The first kappa shape index (κ1) is 7.32.